The van der Waals surface area contributed by atoms with Crippen LogP contribution in [-0.2, 0) is 33.8 Å². The molecule has 1 unspecified atom stereocenters. The molecule has 2 aliphatic carbocycles. The van der Waals surface area contributed by atoms with Crippen LogP contribution in [0.25, 0.3) is 0 Å². The summed E-state index contributed by atoms with van der Waals surface area (Å²) >= 11 is 0. The first-order chi connectivity index (χ1) is 19.3. The molecule has 1 aromatic rings. The molecule has 3 aliphatic rings. The number of fused-ring (bicyclic) bond motifs is 1. The highest BCUT2D eigenvalue weighted by molar-refractivity contribution is 5.94. The van der Waals surface area contributed by atoms with E-state index in [1.54, 1.807) is 4.90 Å². The summed E-state index contributed by atoms with van der Waals surface area (Å²) in [6, 6.07) is -0.157. The Balaban J connectivity index is 1.57. The van der Waals surface area contributed by atoms with Crippen molar-refractivity contribution in [3.8, 4) is 0 Å². The van der Waals surface area contributed by atoms with Crippen molar-refractivity contribution >= 4 is 23.6 Å². The number of aliphatic hydroxyl groups excluding tert-OH is 1. The predicted octanol–water partition coefficient (Wildman–Crippen LogP) is 1.27. The van der Waals surface area contributed by atoms with Gasteiger partial charge in [0.05, 0.1) is 6.54 Å². The molecule has 0 aromatic carbocycles. The number of carbonyl (C=O) groups is 4. The van der Waals surface area contributed by atoms with Crippen molar-refractivity contribution in [3.63, 3.8) is 0 Å². The third-order valence-corrected chi connectivity index (χ3v) is 8.37. The van der Waals surface area contributed by atoms with E-state index in [4.69, 9.17) is 5.10 Å². The van der Waals surface area contributed by atoms with Crippen molar-refractivity contribution in [2.75, 3.05) is 39.3 Å². The molecule has 1 aliphatic heterocycles. The lowest BCUT2D eigenvalue weighted by atomic mass is 9.84. The van der Waals surface area contributed by atoms with Gasteiger partial charge in [0.2, 0.25) is 17.7 Å². The molecule has 1 saturated carbocycles. The number of nitrogens with one attached hydrogen (secondary N) is 2. The summed E-state index contributed by atoms with van der Waals surface area (Å²) in [7, 11) is 0. The zero-order valence-corrected chi connectivity index (χ0v) is 24.1. The van der Waals surface area contributed by atoms with Gasteiger partial charge in [-0.15, -0.1) is 0 Å². The average molecular weight is 559 g/mol. The fourth-order valence-electron chi connectivity index (χ4n) is 5.77. The number of rotatable bonds is 7. The van der Waals surface area contributed by atoms with E-state index in [-0.39, 0.29) is 55.2 Å². The lowest BCUT2D eigenvalue weighted by Crippen LogP contribution is -2.46. The Kier molecular flexibility index (Phi) is 10.6. The smallest absolute Gasteiger partial charge is 0.272 e. The van der Waals surface area contributed by atoms with Gasteiger partial charge < -0.3 is 25.5 Å². The van der Waals surface area contributed by atoms with Crippen LogP contribution in [0.3, 0.4) is 0 Å². The van der Waals surface area contributed by atoms with Crippen LogP contribution >= 0.6 is 0 Å². The van der Waals surface area contributed by atoms with E-state index in [9.17, 15) is 24.3 Å². The van der Waals surface area contributed by atoms with Crippen LogP contribution in [0.15, 0.2) is 0 Å². The molecule has 0 saturated heterocycles. The topological polar surface area (TPSA) is 137 Å². The number of aryl methyl sites for hydroxylation is 1. The van der Waals surface area contributed by atoms with Gasteiger partial charge in [-0.05, 0) is 57.3 Å². The molecule has 1 fully saturated rings. The summed E-state index contributed by atoms with van der Waals surface area (Å²) in [5.74, 6) is -0.0494. The van der Waals surface area contributed by atoms with Gasteiger partial charge in [0.25, 0.3) is 5.91 Å². The molecule has 0 spiro atoms. The zero-order valence-electron chi connectivity index (χ0n) is 24.1. The molecule has 2 bridgehead atoms. The van der Waals surface area contributed by atoms with Gasteiger partial charge in [-0.25, -0.2) is 0 Å². The van der Waals surface area contributed by atoms with Gasteiger partial charge in [0, 0.05) is 69.0 Å². The molecule has 2 heterocycles. The maximum Gasteiger partial charge on any atom is 0.272 e. The predicted molar refractivity (Wildman–Crippen MR) is 149 cm³/mol. The monoisotopic (exact) mass is 558 g/mol. The van der Waals surface area contributed by atoms with Crippen LogP contribution < -0.4 is 10.6 Å². The second kappa shape index (κ2) is 14.1. The molecular formula is C29H46N6O5. The number of nitrogens with zero attached hydrogens (tertiary/aromatic N) is 4. The van der Waals surface area contributed by atoms with Crippen molar-refractivity contribution in [1.82, 2.24) is 30.2 Å². The SMILES string of the molecule is CC(C)CCn1nc2c3c1CCC(C3)NC(=O)CN(CCCO)C(=O)CCCN(C(=O)C1CCC1)CCNC2=O. The molecule has 1 aromatic heterocycles. The van der Waals surface area contributed by atoms with E-state index in [0.29, 0.717) is 63.5 Å². The molecular weight excluding hydrogens is 512 g/mol. The molecule has 4 amide bonds. The molecule has 4 rings (SSSR count). The normalized spacial score (nSPS) is 21.6. The fourth-order valence-corrected chi connectivity index (χ4v) is 5.77. The minimum Gasteiger partial charge on any atom is -0.396 e. The summed E-state index contributed by atoms with van der Waals surface area (Å²) < 4.78 is 1.96. The Morgan fingerprint density at radius 2 is 1.88 bits per heavy atom. The number of hydrogen-bond donors (Lipinski definition) is 3. The second-order valence-electron chi connectivity index (χ2n) is 11.9. The summed E-state index contributed by atoms with van der Waals surface area (Å²) in [4.78, 5) is 55.9. The largest absolute Gasteiger partial charge is 0.396 e. The summed E-state index contributed by atoms with van der Waals surface area (Å²) in [5.41, 5.74) is 2.33. The lowest BCUT2D eigenvalue weighted by Gasteiger charge is -2.32. The standard InChI is InChI=1S/C29H46N6O5/c1-20(2)11-15-35-24-10-9-22-18-23(24)27(32-35)28(39)30-12-16-33(29(40)21-6-3-7-21)13-4-8-26(38)34(14-5-17-36)19-25(37)31-22/h20-22,36H,3-19H2,1-2H3,(H,30,39)(H,31,37). The van der Waals surface area contributed by atoms with Crippen LogP contribution in [-0.4, -0.2) is 93.7 Å². The number of aliphatic hydroxyl groups is 1. The van der Waals surface area contributed by atoms with Gasteiger partial charge in [0.1, 0.15) is 0 Å². The summed E-state index contributed by atoms with van der Waals surface area (Å²) in [6.07, 6.45) is 6.77. The highest BCUT2D eigenvalue weighted by atomic mass is 16.3. The third-order valence-electron chi connectivity index (χ3n) is 8.37. The molecule has 11 heteroatoms. The minimum atomic E-state index is -0.253. The van der Waals surface area contributed by atoms with Gasteiger partial charge in [-0.1, -0.05) is 20.3 Å². The first kappa shape index (κ1) is 30.0. The van der Waals surface area contributed by atoms with Gasteiger partial charge >= 0.3 is 0 Å². The van der Waals surface area contributed by atoms with Crippen LogP contribution in [0.1, 0.15) is 87.0 Å². The molecule has 222 valence electrons. The quantitative estimate of drug-likeness (QED) is 0.461. The van der Waals surface area contributed by atoms with Crippen LogP contribution in [0.4, 0.5) is 0 Å². The Bertz CT molecular complexity index is 1070. The van der Waals surface area contributed by atoms with Crippen LogP contribution in [0.2, 0.25) is 0 Å². The Hall–Kier alpha value is -2.95. The van der Waals surface area contributed by atoms with Crippen molar-refractivity contribution in [3.05, 3.63) is 17.0 Å². The van der Waals surface area contributed by atoms with Gasteiger partial charge in [-0.3, -0.25) is 23.9 Å². The Morgan fingerprint density at radius 3 is 2.58 bits per heavy atom. The Labute approximate surface area is 237 Å². The molecule has 40 heavy (non-hydrogen) atoms. The summed E-state index contributed by atoms with van der Waals surface area (Å²) in [6.45, 7) is 6.31. The lowest BCUT2D eigenvalue weighted by molar-refractivity contribution is -0.139. The van der Waals surface area contributed by atoms with E-state index < -0.39 is 0 Å². The fraction of sp³-hybridized carbons (Fsp3) is 0.759. The van der Waals surface area contributed by atoms with Gasteiger partial charge in [-0.2, -0.15) is 5.10 Å². The Morgan fingerprint density at radius 1 is 1.07 bits per heavy atom. The number of hydrogen-bond acceptors (Lipinski definition) is 6. The number of amides is 4. The van der Waals surface area contributed by atoms with E-state index >= 15 is 0 Å². The third kappa shape index (κ3) is 7.62. The van der Waals surface area contributed by atoms with Crippen molar-refractivity contribution in [1.29, 1.82) is 0 Å². The maximum absolute atomic E-state index is 13.4. The maximum atomic E-state index is 13.4. The van der Waals surface area contributed by atoms with Crippen LogP contribution in [0.5, 0.6) is 0 Å². The van der Waals surface area contributed by atoms with Gasteiger partial charge in [0.15, 0.2) is 5.69 Å². The molecule has 1 atom stereocenters. The van der Waals surface area contributed by atoms with E-state index in [0.717, 1.165) is 49.9 Å². The number of aromatic nitrogens is 2. The molecule has 11 nitrogen and oxygen atoms in total. The minimum absolute atomic E-state index is 0.0193. The van der Waals surface area contributed by atoms with E-state index in [1.165, 1.54) is 4.90 Å². The molecule has 3 N–H and O–H groups in total. The van der Waals surface area contributed by atoms with Crippen molar-refractivity contribution in [2.24, 2.45) is 11.8 Å². The second-order valence-corrected chi connectivity index (χ2v) is 11.9. The molecule has 0 radical (unpaired) electrons. The number of carbonyl (C=O) groups excluding carboxylic acids is 4. The average Bonchev–Trinajstić information content (AvgIpc) is 3.25. The van der Waals surface area contributed by atoms with E-state index in [1.807, 2.05) is 4.68 Å². The first-order valence-corrected chi connectivity index (χ1v) is 15.1. The zero-order chi connectivity index (χ0) is 28.6. The first-order valence-electron chi connectivity index (χ1n) is 15.1. The summed E-state index contributed by atoms with van der Waals surface area (Å²) in [5, 5.41) is 20.1. The highest BCUT2D eigenvalue weighted by Gasteiger charge is 2.32. The van der Waals surface area contributed by atoms with Crippen LogP contribution in [0, 0.1) is 11.8 Å². The van der Waals surface area contributed by atoms with Crippen molar-refractivity contribution < 1.29 is 24.3 Å². The highest BCUT2D eigenvalue weighted by Crippen LogP contribution is 2.29. The van der Waals surface area contributed by atoms with E-state index in [2.05, 4.69) is 24.5 Å². The van der Waals surface area contributed by atoms with Crippen molar-refractivity contribution in [2.45, 2.75) is 90.6 Å².